The van der Waals surface area contributed by atoms with Gasteiger partial charge in [0.25, 0.3) is 0 Å². The Balaban J connectivity index is 2.19. The van der Waals surface area contributed by atoms with Gasteiger partial charge < -0.3 is 24.8 Å². The molecular weight excluding hydrogens is 168 g/mol. The van der Waals surface area contributed by atoms with E-state index in [1.165, 1.54) is 0 Å². The minimum atomic E-state index is -1.40. The van der Waals surface area contributed by atoms with Gasteiger partial charge in [0.1, 0.15) is 12.2 Å². The highest BCUT2D eigenvalue weighted by Gasteiger charge is 2.56. The van der Waals surface area contributed by atoms with E-state index < -0.39 is 36.7 Å². The van der Waals surface area contributed by atoms with Gasteiger partial charge in [0, 0.05) is 0 Å². The molecule has 1 unspecified atom stereocenters. The monoisotopic (exact) mass is 176 g/mol. The average Bonchev–Trinajstić information content (AvgIpc) is 2.43. The summed E-state index contributed by atoms with van der Waals surface area (Å²) in [6.45, 7) is 0. The van der Waals surface area contributed by atoms with Crippen LogP contribution in [0.1, 0.15) is 0 Å². The molecule has 6 heteroatoms. The summed E-state index contributed by atoms with van der Waals surface area (Å²) in [7, 11) is 0. The molecule has 2 saturated heterocycles. The van der Waals surface area contributed by atoms with Gasteiger partial charge in [0.15, 0.2) is 18.5 Å². The summed E-state index contributed by atoms with van der Waals surface area (Å²) in [5.74, 6) is -0.823. The lowest BCUT2D eigenvalue weighted by Crippen LogP contribution is -2.32. The zero-order chi connectivity index (χ0) is 8.88. The third-order valence-corrected chi connectivity index (χ3v) is 2.05. The van der Waals surface area contributed by atoms with Crippen LogP contribution in [0.5, 0.6) is 0 Å². The van der Waals surface area contributed by atoms with Gasteiger partial charge in [0.05, 0.1) is 0 Å². The maximum absolute atomic E-state index is 10.7. The molecule has 0 saturated carbocycles. The molecule has 2 heterocycles. The van der Waals surface area contributed by atoms with E-state index in [1.807, 2.05) is 0 Å². The van der Waals surface area contributed by atoms with E-state index in [1.54, 1.807) is 0 Å². The van der Waals surface area contributed by atoms with Crippen molar-refractivity contribution in [1.82, 2.24) is 0 Å². The van der Waals surface area contributed by atoms with Crippen molar-refractivity contribution in [3.8, 4) is 0 Å². The first kappa shape index (κ1) is 7.93. The molecule has 2 aliphatic heterocycles. The van der Waals surface area contributed by atoms with Crippen molar-refractivity contribution >= 4 is 5.97 Å². The largest absolute Gasteiger partial charge is 0.454 e. The van der Waals surface area contributed by atoms with Crippen molar-refractivity contribution in [3.63, 3.8) is 0 Å². The van der Waals surface area contributed by atoms with Crippen LogP contribution in [-0.4, -0.2) is 52.0 Å². The van der Waals surface area contributed by atoms with Gasteiger partial charge in [-0.15, -0.1) is 0 Å². The van der Waals surface area contributed by atoms with Crippen molar-refractivity contribution in [1.29, 1.82) is 0 Å². The molecule has 68 valence electrons. The maximum atomic E-state index is 10.7. The molecule has 0 aromatic heterocycles. The normalized spacial score (nSPS) is 52.2. The topological polar surface area (TPSA) is 96.2 Å². The van der Waals surface area contributed by atoms with Crippen molar-refractivity contribution in [2.75, 3.05) is 0 Å². The lowest BCUT2D eigenvalue weighted by Gasteiger charge is -2.10. The molecule has 3 N–H and O–H groups in total. The SMILES string of the molecule is O=C1O[C@H]2[C@H](OC(O)[C@H]2O)[C@H]1O. The smallest absolute Gasteiger partial charge is 0.338 e. The van der Waals surface area contributed by atoms with Crippen LogP contribution in [-0.2, 0) is 14.3 Å². The van der Waals surface area contributed by atoms with E-state index in [9.17, 15) is 4.79 Å². The van der Waals surface area contributed by atoms with Crippen molar-refractivity contribution in [2.45, 2.75) is 30.7 Å². The Labute approximate surface area is 67.3 Å². The number of fused-ring (bicyclic) bond motifs is 1. The minimum Gasteiger partial charge on any atom is -0.454 e. The molecule has 0 aliphatic carbocycles. The number of esters is 1. The quantitative estimate of drug-likeness (QED) is 0.349. The predicted molar refractivity (Wildman–Crippen MR) is 32.8 cm³/mol. The Kier molecular flexibility index (Phi) is 1.58. The van der Waals surface area contributed by atoms with Crippen LogP contribution in [0.2, 0.25) is 0 Å². The molecule has 0 radical (unpaired) electrons. The Morgan fingerprint density at radius 1 is 1.17 bits per heavy atom. The molecule has 0 amide bonds. The Morgan fingerprint density at radius 3 is 2.42 bits per heavy atom. The lowest BCUT2D eigenvalue weighted by atomic mass is 10.1. The van der Waals surface area contributed by atoms with Crippen molar-refractivity contribution in [2.24, 2.45) is 0 Å². The molecule has 12 heavy (non-hydrogen) atoms. The first-order valence-electron chi connectivity index (χ1n) is 3.51. The molecule has 0 bridgehead atoms. The molecule has 2 fully saturated rings. The first-order chi connectivity index (χ1) is 5.61. The van der Waals surface area contributed by atoms with Gasteiger partial charge in [-0.1, -0.05) is 0 Å². The fourth-order valence-electron chi connectivity index (χ4n) is 1.40. The number of carbonyl (C=O) groups is 1. The summed E-state index contributed by atoms with van der Waals surface area (Å²) in [6, 6.07) is 0. The number of aliphatic hydroxyl groups excluding tert-OH is 3. The first-order valence-corrected chi connectivity index (χ1v) is 3.51. The highest BCUT2D eigenvalue weighted by Crippen LogP contribution is 2.30. The summed E-state index contributed by atoms with van der Waals surface area (Å²) in [5, 5.41) is 27.2. The summed E-state index contributed by atoms with van der Waals surface area (Å²) < 4.78 is 9.25. The van der Waals surface area contributed by atoms with Gasteiger partial charge in [-0.05, 0) is 0 Å². The van der Waals surface area contributed by atoms with E-state index in [-0.39, 0.29) is 0 Å². The molecule has 2 rings (SSSR count). The van der Waals surface area contributed by atoms with Gasteiger partial charge in [-0.3, -0.25) is 0 Å². The fourth-order valence-corrected chi connectivity index (χ4v) is 1.40. The second kappa shape index (κ2) is 2.40. The molecule has 0 aromatic rings. The minimum absolute atomic E-state index is 0.823. The molecule has 2 aliphatic rings. The van der Waals surface area contributed by atoms with E-state index in [2.05, 4.69) is 9.47 Å². The maximum Gasteiger partial charge on any atom is 0.338 e. The second-order valence-corrected chi connectivity index (χ2v) is 2.83. The standard InChI is InChI=1S/C6H8O6/c7-1-3-4(12-5(1)9)2(8)6(10)11-3/h1-5,7-9H/t1-,2+,3+,4+,5?/m0/s1. The second-order valence-electron chi connectivity index (χ2n) is 2.83. The number of carbonyl (C=O) groups excluding carboxylic acids is 1. The summed E-state index contributed by atoms with van der Waals surface area (Å²) >= 11 is 0. The van der Waals surface area contributed by atoms with E-state index >= 15 is 0 Å². The van der Waals surface area contributed by atoms with Crippen molar-refractivity contribution < 1.29 is 29.6 Å². The van der Waals surface area contributed by atoms with Crippen molar-refractivity contribution in [3.05, 3.63) is 0 Å². The highest BCUT2D eigenvalue weighted by atomic mass is 16.7. The third kappa shape index (κ3) is 0.862. The molecule has 0 aromatic carbocycles. The molecule has 0 spiro atoms. The Hall–Kier alpha value is -0.690. The summed E-state index contributed by atoms with van der Waals surface area (Å²) in [5.41, 5.74) is 0. The van der Waals surface area contributed by atoms with Crippen LogP contribution in [0.3, 0.4) is 0 Å². The zero-order valence-corrected chi connectivity index (χ0v) is 5.95. The number of hydrogen-bond acceptors (Lipinski definition) is 6. The van der Waals surface area contributed by atoms with Crippen LogP contribution in [0.25, 0.3) is 0 Å². The number of rotatable bonds is 0. The highest BCUT2D eigenvalue weighted by molar-refractivity contribution is 5.78. The van der Waals surface area contributed by atoms with E-state index in [0.29, 0.717) is 0 Å². The summed E-state index contributed by atoms with van der Waals surface area (Å²) in [6.07, 6.45) is -5.94. The molecular formula is C6H8O6. The average molecular weight is 176 g/mol. The number of aliphatic hydroxyl groups is 3. The van der Waals surface area contributed by atoms with Crippen LogP contribution in [0.15, 0.2) is 0 Å². The fraction of sp³-hybridized carbons (Fsp3) is 0.833. The molecule has 6 nitrogen and oxygen atoms in total. The van der Waals surface area contributed by atoms with Gasteiger partial charge >= 0.3 is 5.97 Å². The third-order valence-electron chi connectivity index (χ3n) is 2.05. The Bertz CT molecular complexity index is 216. The lowest BCUT2D eigenvalue weighted by molar-refractivity contribution is -0.168. The van der Waals surface area contributed by atoms with E-state index in [4.69, 9.17) is 15.3 Å². The van der Waals surface area contributed by atoms with Crippen LogP contribution < -0.4 is 0 Å². The van der Waals surface area contributed by atoms with Crippen LogP contribution in [0, 0.1) is 0 Å². The number of hydrogen-bond donors (Lipinski definition) is 3. The van der Waals surface area contributed by atoms with Crippen LogP contribution in [0.4, 0.5) is 0 Å². The Morgan fingerprint density at radius 2 is 1.83 bits per heavy atom. The summed E-state index contributed by atoms with van der Waals surface area (Å²) in [4.78, 5) is 10.7. The van der Waals surface area contributed by atoms with Gasteiger partial charge in [-0.2, -0.15) is 0 Å². The van der Waals surface area contributed by atoms with Crippen LogP contribution >= 0.6 is 0 Å². The van der Waals surface area contributed by atoms with Gasteiger partial charge in [-0.25, -0.2) is 4.79 Å². The van der Waals surface area contributed by atoms with E-state index in [0.717, 1.165) is 0 Å². The molecule has 5 atom stereocenters. The predicted octanol–water partition coefficient (Wildman–Crippen LogP) is -2.65. The number of ether oxygens (including phenoxy) is 2. The van der Waals surface area contributed by atoms with Gasteiger partial charge in [0.2, 0.25) is 0 Å². The zero-order valence-electron chi connectivity index (χ0n) is 5.95.